The normalized spacial score (nSPS) is 14.8. The molecule has 0 radical (unpaired) electrons. The highest BCUT2D eigenvalue weighted by Crippen LogP contribution is 2.18. The van der Waals surface area contributed by atoms with Crippen LogP contribution >= 0.6 is 0 Å². The molecule has 1 aliphatic carbocycles. The molecule has 0 spiro atoms. The van der Waals surface area contributed by atoms with Crippen LogP contribution in [-0.2, 0) is 11.3 Å². The van der Waals surface area contributed by atoms with Crippen molar-refractivity contribution in [1.29, 1.82) is 0 Å². The molecule has 3 aromatic rings. The van der Waals surface area contributed by atoms with Gasteiger partial charge in [0.05, 0.1) is 10.9 Å². The van der Waals surface area contributed by atoms with E-state index in [0.717, 1.165) is 30.4 Å². The molecule has 0 saturated heterocycles. The Hall–Kier alpha value is -3.43. The van der Waals surface area contributed by atoms with Crippen LogP contribution in [0.25, 0.3) is 16.7 Å². The molecule has 2 heterocycles. The molecule has 2 aromatic heterocycles. The fraction of sp³-hybridized carbons (Fsp3) is 0.560. The van der Waals surface area contributed by atoms with Gasteiger partial charge in [0, 0.05) is 24.2 Å². The van der Waals surface area contributed by atoms with Gasteiger partial charge in [-0.3, -0.25) is 19.0 Å². The molecule has 35 heavy (non-hydrogen) atoms. The number of hydrogen-bond acceptors (Lipinski definition) is 5. The van der Waals surface area contributed by atoms with Gasteiger partial charge in [-0.25, -0.2) is 13.9 Å². The number of rotatable bonds is 7. The van der Waals surface area contributed by atoms with E-state index in [9.17, 15) is 19.2 Å². The quantitative estimate of drug-likeness (QED) is 0.535. The number of carbonyl (C=O) groups excluding carboxylic acids is 2. The summed E-state index contributed by atoms with van der Waals surface area (Å²) in [5.41, 5.74) is -0.197. The molecule has 10 nitrogen and oxygen atoms in total. The van der Waals surface area contributed by atoms with Crippen LogP contribution in [0.2, 0.25) is 0 Å². The van der Waals surface area contributed by atoms with Crippen LogP contribution in [0, 0.1) is 5.92 Å². The van der Waals surface area contributed by atoms with Crippen LogP contribution in [0.15, 0.2) is 27.8 Å². The van der Waals surface area contributed by atoms with Crippen LogP contribution in [0.4, 0.5) is 0 Å². The van der Waals surface area contributed by atoms with Crippen molar-refractivity contribution in [3.05, 3.63) is 44.6 Å². The van der Waals surface area contributed by atoms with Gasteiger partial charge in [0.25, 0.3) is 11.5 Å². The zero-order valence-corrected chi connectivity index (χ0v) is 20.8. The topological polar surface area (TPSA) is 120 Å². The molecule has 0 atom stereocenters. The van der Waals surface area contributed by atoms with Gasteiger partial charge < -0.3 is 10.6 Å². The smallest absolute Gasteiger partial charge is 0.352 e. The Morgan fingerprint density at radius 2 is 1.80 bits per heavy atom. The highest BCUT2D eigenvalue weighted by atomic mass is 16.2. The van der Waals surface area contributed by atoms with Gasteiger partial charge in [-0.15, -0.1) is 5.10 Å². The number of amides is 2. The molecule has 2 N–H and O–H groups in total. The molecule has 0 aliphatic heterocycles. The average molecular weight is 483 g/mol. The van der Waals surface area contributed by atoms with E-state index in [0.29, 0.717) is 23.0 Å². The summed E-state index contributed by atoms with van der Waals surface area (Å²) in [6.07, 6.45) is 5.21. The summed E-state index contributed by atoms with van der Waals surface area (Å²) in [6.45, 7) is 7.93. The molecule has 1 aliphatic rings. The lowest BCUT2D eigenvalue weighted by molar-refractivity contribution is -0.122. The Bertz CT molecular complexity index is 1370. The molecular formula is C25H34N6O4. The van der Waals surface area contributed by atoms with Gasteiger partial charge in [-0.05, 0) is 50.8 Å². The third-order valence-corrected chi connectivity index (χ3v) is 6.44. The number of aromatic nitrogens is 4. The van der Waals surface area contributed by atoms with Gasteiger partial charge in [0.15, 0.2) is 0 Å². The maximum absolute atomic E-state index is 13.4. The van der Waals surface area contributed by atoms with E-state index >= 15 is 0 Å². The van der Waals surface area contributed by atoms with E-state index in [2.05, 4.69) is 15.7 Å². The van der Waals surface area contributed by atoms with Gasteiger partial charge in [-0.1, -0.05) is 33.1 Å². The maximum atomic E-state index is 13.4. The number of fused-ring (bicyclic) bond motifs is 3. The van der Waals surface area contributed by atoms with Gasteiger partial charge in [0.2, 0.25) is 11.7 Å². The number of hydrogen-bond donors (Lipinski definition) is 2. The van der Waals surface area contributed by atoms with Crippen LogP contribution in [0.1, 0.15) is 76.2 Å². The lowest BCUT2D eigenvalue weighted by Gasteiger charge is -2.22. The van der Waals surface area contributed by atoms with Crippen molar-refractivity contribution in [3.63, 3.8) is 0 Å². The fourth-order valence-electron chi connectivity index (χ4n) is 4.65. The Labute approximate surface area is 203 Å². The van der Waals surface area contributed by atoms with Crippen molar-refractivity contribution in [1.82, 2.24) is 29.4 Å². The molecule has 1 aromatic carbocycles. The monoisotopic (exact) mass is 482 g/mol. The molecule has 1 saturated carbocycles. The summed E-state index contributed by atoms with van der Waals surface area (Å²) in [4.78, 5) is 52.1. The third-order valence-electron chi connectivity index (χ3n) is 6.44. The van der Waals surface area contributed by atoms with E-state index in [1.165, 1.54) is 15.4 Å². The van der Waals surface area contributed by atoms with Crippen LogP contribution < -0.4 is 21.9 Å². The highest BCUT2D eigenvalue weighted by molar-refractivity contribution is 5.98. The summed E-state index contributed by atoms with van der Waals surface area (Å²) in [6, 6.07) is 4.54. The third kappa shape index (κ3) is 5.01. The molecule has 4 rings (SSSR count). The van der Waals surface area contributed by atoms with Crippen LogP contribution in [-0.4, -0.2) is 43.1 Å². The summed E-state index contributed by atoms with van der Waals surface area (Å²) in [5, 5.41) is 10.5. The first-order valence-corrected chi connectivity index (χ1v) is 12.4. The SMILES string of the molecule is CC(C)CNC(=O)c1ccc2c(=O)n(C(C)C)c3nn(CC(=O)NC4CCCCC4)c(=O)n3c2c1. The van der Waals surface area contributed by atoms with Crippen LogP contribution in [0.3, 0.4) is 0 Å². The predicted molar refractivity (Wildman–Crippen MR) is 134 cm³/mol. The Balaban J connectivity index is 1.79. The Kier molecular flexibility index (Phi) is 7.09. The minimum atomic E-state index is -0.530. The molecule has 1 fully saturated rings. The van der Waals surface area contributed by atoms with E-state index in [1.807, 2.05) is 27.7 Å². The van der Waals surface area contributed by atoms with E-state index < -0.39 is 5.69 Å². The van der Waals surface area contributed by atoms with Crippen molar-refractivity contribution >= 4 is 28.5 Å². The molecule has 0 bridgehead atoms. The molecule has 2 amide bonds. The lowest BCUT2D eigenvalue weighted by Crippen LogP contribution is -2.40. The average Bonchev–Trinajstić information content (AvgIpc) is 3.12. The second kappa shape index (κ2) is 10.1. The van der Waals surface area contributed by atoms with Gasteiger partial charge in [-0.2, -0.15) is 0 Å². The lowest BCUT2D eigenvalue weighted by atomic mass is 9.95. The Morgan fingerprint density at radius 1 is 1.09 bits per heavy atom. The van der Waals surface area contributed by atoms with Crippen molar-refractivity contribution in [2.75, 3.05) is 6.54 Å². The van der Waals surface area contributed by atoms with E-state index in [-0.39, 0.29) is 47.7 Å². The first-order chi connectivity index (χ1) is 16.7. The summed E-state index contributed by atoms with van der Waals surface area (Å²) < 4.78 is 3.86. The standard InChI is InChI=1S/C25H34N6O4/c1-15(2)13-26-22(33)17-10-11-19-20(12-17)31-24(30(16(3)4)23(19)34)28-29(25(31)35)14-21(32)27-18-8-6-5-7-9-18/h10-12,15-16,18H,5-9,13-14H2,1-4H3,(H,26,33)(H,27,32). The molecule has 10 heteroatoms. The number of nitrogens with zero attached hydrogens (tertiary/aromatic N) is 4. The summed E-state index contributed by atoms with van der Waals surface area (Å²) >= 11 is 0. The van der Waals surface area contributed by atoms with Gasteiger partial charge >= 0.3 is 5.69 Å². The number of nitrogens with one attached hydrogen (secondary N) is 2. The van der Waals surface area contributed by atoms with Gasteiger partial charge in [0.1, 0.15) is 6.54 Å². The minimum absolute atomic E-state index is 0.116. The second-order valence-corrected chi connectivity index (χ2v) is 10.1. The van der Waals surface area contributed by atoms with Crippen molar-refractivity contribution in [2.24, 2.45) is 5.92 Å². The zero-order valence-electron chi connectivity index (χ0n) is 20.8. The minimum Gasteiger partial charge on any atom is -0.352 e. The highest BCUT2D eigenvalue weighted by Gasteiger charge is 2.22. The Morgan fingerprint density at radius 3 is 2.46 bits per heavy atom. The first kappa shape index (κ1) is 24.7. The predicted octanol–water partition coefficient (Wildman–Crippen LogP) is 2.23. The summed E-state index contributed by atoms with van der Waals surface area (Å²) in [7, 11) is 0. The summed E-state index contributed by atoms with van der Waals surface area (Å²) in [5.74, 6) is -0.134. The number of carbonyl (C=O) groups is 2. The molecular weight excluding hydrogens is 448 g/mol. The second-order valence-electron chi connectivity index (χ2n) is 10.1. The fourth-order valence-corrected chi connectivity index (χ4v) is 4.65. The van der Waals surface area contributed by atoms with Crippen molar-refractivity contribution < 1.29 is 9.59 Å². The largest absolute Gasteiger partial charge is 0.352 e. The maximum Gasteiger partial charge on any atom is 0.352 e. The van der Waals surface area contributed by atoms with Crippen molar-refractivity contribution in [2.45, 2.75) is 78.4 Å². The first-order valence-electron chi connectivity index (χ1n) is 12.4. The van der Waals surface area contributed by atoms with Crippen molar-refractivity contribution in [3.8, 4) is 0 Å². The van der Waals surface area contributed by atoms with E-state index in [1.54, 1.807) is 18.2 Å². The zero-order chi connectivity index (χ0) is 25.3. The van der Waals surface area contributed by atoms with E-state index in [4.69, 9.17) is 0 Å². The molecule has 188 valence electrons. The number of benzene rings is 1. The molecule has 0 unspecified atom stereocenters. The van der Waals surface area contributed by atoms with Crippen LogP contribution in [0.5, 0.6) is 0 Å².